The Kier molecular flexibility index (Phi) is 4.94. The summed E-state index contributed by atoms with van der Waals surface area (Å²) in [5.74, 6) is 2.22. The van der Waals surface area contributed by atoms with Crippen molar-refractivity contribution in [1.82, 2.24) is 14.8 Å². The maximum atomic E-state index is 12.1. The molecule has 0 aliphatic carbocycles. The van der Waals surface area contributed by atoms with Gasteiger partial charge in [-0.1, -0.05) is 13.8 Å². The fourth-order valence-corrected chi connectivity index (χ4v) is 3.07. The van der Waals surface area contributed by atoms with Crippen molar-refractivity contribution in [2.45, 2.75) is 52.1 Å². The SMILES string of the molecule is CC(C)C[C@H](N)C(=O)Nc1ccc(-c2nnc3n2CCCC3)cc1. The minimum Gasteiger partial charge on any atom is -0.325 e. The van der Waals surface area contributed by atoms with Crippen LogP contribution >= 0.6 is 0 Å². The Bertz CT molecular complexity index is 705. The van der Waals surface area contributed by atoms with Gasteiger partial charge in [0, 0.05) is 24.2 Å². The van der Waals surface area contributed by atoms with Gasteiger partial charge < -0.3 is 15.6 Å². The van der Waals surface area contributed by atoms with E-state index in [1.54, 1.807) is 0 Å². The molecule has 128 valence electrons. The van der Waals surface area contributed by atoms with E-state index in [0.717, 1.165) is 35.9 Å². The summed E-state index contributed by atoms with van der Waals surface area (Å²) >= 11 is 0. The average Bonchev–Trinajstić information content (AvgIpc) is 2.99. The molecule has 0 saturated heterocycles. The number of rotatable bonds is 5. The topological polar surface area (TPSA) is 85.8 Å². The van der Waals surface area contributed by atoms with Crippen LogP contribution in [0.25, 0.3) is 11.4 Å². The summed E-state index contributed by atoms with van der Waals surface area (Å²) in [7, 11) is 0. The first kappa shape index (κ1) is 16.6. The molecular formula is C18H25N5O. The number of nitrogens with two attached hydrogens (primary N) is 1. The van der Waals surface area contributed by atoms with Gasteiger partial charge in [-0.15, -0.1) is 10.2 Å². The van der Waals surface area contributed by atoms with Crippen molar-refractivity contribution in [2.24, 2.45) is 11.7 Å². The van der Waals surface area contributed by atoms with Crippen molar-refractivity contribution in [1.29, 1.82) is 0 Å². The van der Waals surface area contributed by atoms with Gasteiger partial charge in [0.1, 0.15) is 5.82 Å². The molecule has 2 aromatic rings. The molecule has 1 aliphatic rings. The second kappa shape index (κ2) is 7.13. The second-order valence-corrected chi connectivity index (χ2v) is 6.85. The van der Waals surface area contributed by atoms with Crippen molar-refractivity contribution in [2.75, 3.05) is 5.32 Å². The van der Waals surface area contributed by atoms with Gasteiger partial charge in [0.15, 0.2) is 5.82 Å². The number of nitrogens with one attached hydrogen (secondary N) is 1. The van der Waals surface area contributed by atoms with Gasteiger partial charge in [0.2, 0.25) is 5.91 Å². The highest BCUT2D eigenvalue weighted by Gasteiger charge is 2.18. The number of anilines is 1. The van der Waals surface area contributed by atoms with Crippen LogP contribution in [0.2, 0.25) is 0 Å². The molecule has 0 unspecified atom stereocenters. The summed E-state index contributed by atoms with van der Waals surface area (Å²) in [5.41, 5.74) is 7.68. The van der Waals surface area contributed by atoms with Crippen LogP contribution in [0.1, 0.15) is 38.9 Å². The van der Waals surface area contributed by atoms with Crippen molar-refractivity contribution in [3.05, 3.63) is 30.1 Å². The molecule has 0 radical (unpaired) electrons. The number of aromatic nitrogens is 3. The van der Waals surface area contributed by atoms with Crippen LogP contribution in [0.4, 0.5) is 5.69 Å². The number of hydrogen-bond donors (Lipinski definition) is 2. The Morgan fingerprint density at radius 1 is 1.25 bits per heavy atom. The molecular weight excluding hydrogens is 302 g/mol. The summed E-state index contributed by atoms with van der Waals surface area (Å²) in [6.45, 7) is 5.09. The molecule has 0 saturated carbocycles. The normalized spacial score (nSPS) is 15.2. The molecule has 0 bridgehead atoms. The third-order valence-electron chi connectivity index (χ3n) is 4.33. The Morgan fingerprint density at radius 2 is 2.00 bits per heavy atom. The van der Waals surface area contributed by atoms with Crippen LogP contribution in [-0.4, -0.2) is 26.7 Å². The van der Waals surface area contributed by atoms with E-state index in [-0.39, 0.29) is 5.91 Å². The first-order chi connectivity index (χ1) is 11.5. The van der Waals surface area contributed by atoms with E-state index in [2.05, 4.69) is 33.9 Å². The number of benzene rings is 1. The molecule has 3 rings (SSSR count). The molecule has 2 heterocycles. The molecule has 1 aliphatic heterocycles. The number of carbonyl (C=O) groups excluding carboxylic acids is 1. The minimum atomic E-state index is -0.479. The number of hydrogen-bond acceptors (Lipinski definition) is 4. The van der Waals surface area contributed by atoms with Gasteiger partial charge in [0.05, 0.1) is 6.04 Å². The lowest BCUT2D eigenvalue weighted by Gasteiger charge is -2.15. The van der Waals surface area contributed by atoms with Gasteiger partial charge >= 0.3 is 0 Å². The monoisotopic (exact) mass is 327 g/mol. The fraction of sp³-hybridized carbons (Fsp3) is 0.500. The van der Waals surface area contributed by atoms with Gasteiger partial charge in [0.25, 0.3) is 0 Å². The number of aryl methyl sites for hydroxylation is 1. The number of nitrogens with zero attached hydrogens (tertiary/aromatic N) is 3. The van der Waals surface area contributed by atoms with Gasteiger partial charge in [-0.2, -0.15) is 0 Å². The second-order valence-electron chi connectivity index (χ2n) is 6.85. The van der Waals surface area contributed by atoms with Crippen LogP contribution in [0.5, 0.6) is 0 Å². The quantitative estimate of drug-likeness (QED) is 0.884. The molecule has 6 nitrogen and oxygen atoms in total. The molecule has 1 aromatic carbocycles. The van der Waals surface area contributed by atoms with Gasteiger partial charge in [-0.3, -0.25) is 4.79 Å². The van der Waals surface area contributed by atoms with Crippen LogP contribution in [0.15, 0.2) is 24.3 Å². The van der Waals surface area contributed by atoms with Crippen LogP contribution in [0.3, 0.4) is 0 Å². The highest BCUT2D eigenvalue weighted by atomic mass is 16.2. The smallest absolute Gasteiger partial charge is 0.241 e. The molecule has 1 aromatic heterocycles. The van der Waals surface area contributed by atoms with Crippen LogP contribution < -0.4 is 11.1 Å². The Morgan fingerprint density at radius 3 is 2.71 bits per heavy atom. The first-order valence-electron chi connectivity index (χ1n) is 8.63. The van der Waals surface area contributed by atoms with Crippen LogP contribution in [0, 0.1) is 5.92 Å². The Hall–Kier alpha value is -2.21. The zero-order valence-corrected chi connectivity index (χ0v) is 14.3. The lowest BCUT2D eigenvalue weighted by Crippen LogP contribution is -2.36. The van der Waals surface area contributed by atoms with E-state index in [0.29, 0.717) is 12.3 Å². The summed E-state index contributed by atoms with van der Waals surface area (Å²) in [4.78, 5) is 12.1. The van der Waals surface area contributed by atoms with E-state index < -0.39 is 6.04 Å². The van der Waals surface area contributed by atoms with Crippen molar-refractivity contribution >= 4 is 11.6 Å². The number of amides is 1. The third-order valence-corrected chi connectivity index (χ3v) is 4.33. The molecule has 0 spiro atoms. The lowest BCUT2D eigenvalue weighted by molar-refractivity contribution is -0.117. The highest BCUT2D eigenvalue weighted by Crippen LogP contribution is 2.24. The molecule has 6 heteroatoms. The molecule has 1 atom stereocenters. The average molecular weight is 327 g/mol. The Balaban J connectivity index is 1.70. The summed E-state index contributed by atoms with van der Waals surface area (Å²) in [6.07, 6.45) is 4.02. The van der Waals surface area contributed by atoms with Crippen LogP contribution in [-0.2, 0) is 17.8 Å². The van der Waals surface area contributed by atoms with E-state index in [9.17, 15) is 4.79 Å². The van der Waals surface area contributed by atoms with Gasteiger partial charge in [-0.25, -0.2) is 0 Å². The van der Waals surface area contributed by atoms with E-state index in [1.165, 1.54) is 12.8 Å². The number of carbonyl (C=O) groups is 1. The fourth-order valence-electron chi connectivity index (χ4n) is 3.07. The van der Waals surface area contributed by atoms with E-state index in [1.807, 2.05) is 24.3 Å². The zero-order valence-electron chi connectivity index (χ0n) is 14.3. The zero-order chi connectivity index (χ0) is 17.1. The predicted octanol–water partition coefficient (Wildman–Crippen LogP) is 2.59. The van der Waals surface area contributed by atoms with Crippen molar-refractivity contribution in [3.63, 3.8) is 0 Å². The lowest BCUT2D eigenvalue weighted by atomic mass is 10.0. The predicted molar refractivity (Wildman–Crippen MR) is 94.5 cm³/mol. The molecule has 0 fully saturated rings. The molecule has 1 amide bonds. The van der Waals surface area contributed by atoms with E-state index >= 15 is 0 Å². The largest absolute Gasteiger partial charge is 0.325 e. The maximum Gasteiger partial charge on any atom is 0.241 e. The van der Waals surface area contributed by atoms with Crippen molar-refractivity contribution < 1.29 is 4.79 Å². The van der Waals surface area contributed by atoms with Crippen molar-refractivity contribution in [3.8, 4) is 11.4 Å². The van der Waals surface area contributed by atoms with E-state index in [4.69, 9.17) is 5.73 Å². The molecule has 3 N–H and O–H groups in total. The Labute approximate surface area is 142 Å². The first-order valence-corrected chi connectivity index (χ1v) is 8.63. The standard InChI is InChI=1S/C18H25N5O/c1-12(2)11-15(19)18(24)20-14-8-6-13(7-9-14)17-22-21-16-5-3-4-10-23(16)17/h6-9,12,15H,3-5,10-11,19H2,1-2H3,(H,20,24)/t15-/m0/s1. The summed E-state index contributed by atoms with van der Waals surface area (Å²) in [6, 6.07) is 7.23. The third kappa shape index (κ3) is 3.64. The summed E-state index contributed by atoms with van der Waals surface area (Å²) < 4.78 is 2.19. The molecule has 24 heavy (non-hydrogen) atoms. The maximum absolute atomic E-state index is 12.1. The van der Waals surface area contributed by atoms with Gasteiger partial charge in [-0.05, 0) is 49.4 Å². The number of fused-ring (bicyclic) bond motifs is 1. The minimum absolute atomic E-state index is 0.142. The highest BCUT2D eigenvalue weighted by molar-refractivity contribution is 5.94. The summed E-state index contributed by atoms with van der Waals surface area (Å²) in [5, 5.41) is 11.5.